The molecule has 2 atom stereocenters. The molecule has 1 heterocycles. The highest BCUT2D eigenvalue weighted by atomic mass is 19.1. The first-order valence-electron chi connectivity index (χ1n) is 6.41. The highest BCUT2D eigenvalue weighted by Gasteiger charge is 2.36. The van der Waals surface area contributed by atoms with Gasteiger partial charge in [0, 0.05) is 23.2 Å². The van der Waals surface area contributed by atoms with Gasteiger partial charge >= 0.3 is 0 Å². The fourth-order valence-corrected chi connectivity index (χ4v) is 2.58. The Hall–Kier alpha value is -2.87. The number of hydrogen-bond donors (Lipinski definition) is 2. The van der Waals surface area contributed by atoms with Crippen LogP contribution < -0.4 is 10.5 Å². The third kappa shape index (κ3) is 2.21. The van der Waals surface area contributed by atoms with E-state index in [-0.39, 0.29) is 17.6 Å². The molecule has 0 amide bonds. The molecule has 5 heteroatoms. The van der Waals surface area contributed by atoms with Gasteiger partial charge in [-0.15, -0.1) is 0 Å². The number of ether oxygens (including phenoxy) is 1. The van der Waals surface area contributed by atoms with Crippen molar-refractivity contribution in [2.24, 2.45) is 5.92 Å². The van der Waals surface area contributed by atoms with Crippen LogP contribution in [0.5, 0.6) is 5.75 Å². The quantitative estimate of drug-likeness (QED) is 0.788. The first kappa shape index (κ1) is 13.1. The van der Waals surface area contributed by atoms with E-state index < -0.39 is 5.92 Å². The molecular weight excluding hydrogens is 269 g/mol. The molecule has 0 spiro atoms. The summed E-state index contributed by atoms with van der Waals surface area (Å²) in [5.41, 5.74) is 7.80. The number of halogens is 1. The summed E-state index contributed by atoms with van der Waals surface area (Å²) < 4.78 is 18.5. The van der Waals surface area contributed by atoms with Crippen LogP contribution >= 0.6 is 0 Å². The van der Waals surface area contributed by atoms with Crippen molar-refractivity contribution in [1.82, 2.24) is 0 Å². The van der Waals surface area contributed by atoms with Crippen LogP contribution in [0.25, 0.3) is 0 Å². The number of nitrogens with two attached hydrogens (primary N) is 1. The van der Waals surface area contributed by atoms with Gasteiger partial charge in [-0.2, -0.15) is 5.26 Å². The summed E-state index contributed by atoms with van der Waals surface area (Å²) in [5.74, 6) is -1.10. The number of fused-ring (bicyclic) bond motifs is 1. The second-order valence-electron chi connectivity index (χ2n) is 4.90. The lowest BCUT2D eigenvalue weighted by molar-refractivity contribution is 0.450. The van der Waals surface area contributed by atoms with Crippen LogP contribution in [0, 0.1) is 28.5 Å². The largest absolute Gasteiger partial charge is 0.442 e. The molecule has 0 saturated carbocycles. The lowest BCUT2D eigenvalue weighted by Crippen LogP contribution is -2.31. The maximum absolute atomic E-state index is 13.1. The van der Waals surface area contributed by atoms with E-state index in [1.807, 2.05) is 0 Å². The number of benzene rings is 2. The molecule has 2 aromatic carbocycles. The Morgan fingerprint density at radius 2 is 1.90 bits per heavy atom. The fraction of sp³-hybridized carbons (Fsp3) is 0.125. The summed E-state index contributed by atoms with van der Waals surface area (Å²) in [4.78, 5) is 0. The van der Waals surface area contributed by atoms with E-state index in [0.717, 1.165) is 11.1 Å². The molecule has 0 bridgehead atoms. The minimum atomic E-state index is -0.744. The highest BCUT2D eigenvalue weighted by Crippen LogP contribution is 2.42. The predicted molar refractivity (Wildman–Crippen MR) is 76.6 cm³/mol. The van der Waals surface area contributed by atoms with Gasteiger partial charge in [0.15, 0.2) is 0 Å². The van der Waals surface area contributed by atoms with Crippen molar-refractivity contribution in [3.63, 3.8) is 0 Å². The van der Waals surface area contributed by atoms with Gasteiger partial charge in [0.2, 0.25) is 5.90 Å². The summed E-state index contributed by atoms with van der Waals surface area (Å²) in [7, 11) is 0. The molecular formula is C16H12FN3O. The summed E-state index contributed by atoms with van der Waals surface area (Å²) in [6.45, 7) is 0. The zero-order valence-electron chi connectivity index (χ0n) is 11.0. The molecule has 0 saturated heterocycles. The Balaban J connectivity index is 2.18. The van der Waals surface area contributed by atoms with Gasteiger partial charge < -0.3 is 10.5 Å². The van der Waals surface area contributed by atoms with E-state index >= 15 is 0 Å². The molecule has 21 heavy (non-hydrogen) atoms. The highest BCUT2D eigenvalue weighted by molar-refractivity contribution is 5.85. The third-order valence-electron chi connectivity index (χ3n) is 3.58. The van der Waals surface area contributed by atoms with Crippen LogP contribution in [0.1, 0.15) is 17.0 Å². The SMILES string of the molecule is N#CC1C(=N)Oc2cc(N)ccc2C1c1ccc(F)cc1. The maximum atomic E-state index is 13.1. The van der Waals surface area contributed by atoms with Gasteiger partial charge in [0.05, 0.1) is 6.07 Å². The van der Waals surface area contributed by atoms with Gasteiger partial charge in [0.1, 0.15) is 17.5 Å². The van der Waals surface area contributed by atoms with Crippen molar-refractivity contribution < 1.29 is 9.13 Å². The molecule has 1 aliphatic rings. The number of rotatable bonds is 1. The molecule has 0 radical (unpaired) electrons. The van der Waals surface area contributed by atoms with Crippen LogP contribution in [-0.4, -0.2) is 5.90 Å². The molecule has 3 N–H and O–H groups in total. The molecule has 0 aromatic heterocycles. The molecule has 104 valence electrons. The van der Waals surface area contributed by atoms with E-state index in [2.05, 4.69) is 6.07 Å². The lowest BCUT2D eigenvalue weighted by atomic mass is 9.79. The van der Waals surface area contributed by atoms with Crippen molar-refractivity contribution >= 4 is 11.6 Å². The first-order valence-corrected chi connectivity index (χ1v) is 6.41. The minimum absolute atomic E-state index is 0.120. The second-order valence-corrected chi connectivity index (χ2v) is 4.90. The molecule has 1 aliphatic heterocycles. The smallest absolute Gasteiger partial charge is 0.205 e. The fourth-order valence-electron chi connectivity index (χ4n) is 2.58. The lowest BCUT2D eigenvalue weighted by Gasteiger charge is -2.30. The second kappa shape index (κ2) is 4.91. The number of nitrogen functional groups attached to an aromatic ring is 1. The van der Waals surface area contributed by atoms with Crippen molar-refractivity contribution in [2.45, 2.75) is 5.92 Å². The topological polar surface area (TPSA) is 82.9 Å². The summed E-state index contributed by atoms with van der Waals surface area (Å²) >= 11 is 0. The van der Waals surface area contributed by atoms with Crippen molar-refractivity contribution in [3.05, 3.63) is 59.4 Å². The Morgan fingerprint density at radius 3 is 2.57 bits per heavy atom. The van der Waals surface area contributed by atoms with E-state index in [9.17, 15) is 9.65 Å². The number of nitrogens with zero attached hydrogens (tertiary/aromatic N) is 1. The van der Waals surface area contributed by atoms with Crippen LogP contribution in [0.2, 0.25) is 0 Å². The van der Waals surface area contributed by atoms with E-state index in [0.29, 0.717) is 11.4 Å². The van der Waals surface area contributed by atoms with Crippen molar-refractivity contribution in [3.8, 4) is 11.8 Å². The average Bonchev–Trinajstić information content (AvgIpc) is 2.46. The zero-order chi connectivity index (χ0) is 15.0. The van der Waals surface area contributed by atoms with Crippen LogP contribution in [0.15, 0.2) is 42.5 Å². The Bertz CT molecular complexity index is 749. The number of nitriles is 1. The molecule has 4 nitrogen and oxygen atoms in total. The molecule has 2 aromatic rings. The summed E-state index contributed by atoms with van der Waals surface area (Å²) in [6.07, 6.45) is 0. The van der Waals surface area contributed by atoms with Gasteiger partial charge in [-0.1, -0.05) is 18.2 Å². The number of hydrogen-bond acceptors (Lipinski definition) is 4. The minimum Gasteiger partial charge on any atom is -0.442 e. The Labute approximate surface area is 121 Å². The zero-order valence-corrected chi connectivity index (χ0v) is 11.0. The van der Waals surface area contributed by atoms with E-state index in [1.54, 1.807) is 30.3 Å². The third-order valence-corrected chi connectivity index (χ3v) is 3.58. The van der Waals surface area contributed by atoms with E-state index in [1.165, 1.54) is 12.1 Å². The van der Waals surface area contributed by atoms with Crippen LogP contribution in [0.4, 0.5) is 10.1 Å². The average molecular weight is 281 g/mol. The van der Waals surface area contributed by atoms with Crippen molar-refractivity contribution in [1.29, 1.82) is 10.7 Å². The Morgan fingerprint density at radius 1 is 1.19 bits per heavy atom. The first-order chi connectivity index (χ1) is 10.1. The molecule has 0 fully saturated rings. The van der Waals surface area contributed by atoms with Gasteiger partial charge in [-0.05, 0) is 23.8 Å². The predicted octanol–water partition coefficient (Wildman–Crippen LogP) is 3.05. The van der Waals surface area contributed by atoms with Crippen LogP contribution in [0.3, 0.4) is 0 Å². The molecule has 0 aliphatic carbocycles. The van der Waals surface area contributed by atoms with E-state index in [4.69, 9.17) is 15.9 Å². The number of nitrogens with one attached hydrogen (secondary N) is 1. The Kier molecular flexibility index (Phi) is 3.07. The molecule has 3 rings (SSSR count). The standard InChI is InChI=1S/C16H12FN3O/c17-10-3-1-9(2-4-10)15-12-6-5-11(19)7-14(12)21-16(20)13(15)8-18/h1-7,13,15,20H,19H2. The van der Waals surface area contributed by atoms with Gasteiger partial charge in [0.25, 0.3) is 0 Å². The van der Waals surface area contributed by atoms with Gasteiger partial charge in [-0.25, -0.2) is 4.39 Å². The normalized spacial score (nSPS) is 20.3. The number of anilines is 1. The van der Waals surface area contributed by atoms with Gasteiger partial charge in [-0.3, -0.25) is 5.41 Å². The summed E-state index contributed by atoms with van der Waals surface area (Å²) in [6, 6.07) is 13.2. The van der Waals surface area contributed by atoms with Crippen LogP contribution in [-0.2, 0) is 0 Å². The summed E-state index contributed by atoms with van der Waals surface area (Å²) in [5, 5.41) is 17.3. The molecule has 2 unspecified atom stereocenters. The van der Waals surface area contributed by atoms with Crippen molar-refractivity contribution in [2.75, 3.05) is 5.73 Å². The monoisotopic (exact) mass is 281 g/mol. The maximum Gasteiger partial charge on any atom is 0.205 e.